The maximum atomic E-state index is 13.3. The van der Waals surface area contributed by atoms with Crippen LogP contribution in [0.25, 0.3) is 10.9 Å². The van der Waals surface area contributed by atoms with E-state index in [1.54, 1.807) is 30.1 Å². The van der Waals surface area contributed by atoms with Crippen LogP contribution in [-0.4, -0.2) is 26.9 Å². The van der Waals surface area contributed by atoms with E-state index in [2.05, 4.69) is 13.8 Å². The van der Waals surface area contributed by atoms with E-state index in [1.165, 1.54) is 4.57 Å². The van der Waals surface area contributed by atoms with E-state index in [9.17, 15) is 9.59 Å². The third-order valence-electron chi connectivity index (χ3n) is 5.14. The highest BCUT2D eigenvalue weighted by Gasteiger charge is 2.26. The number of carbonyl (C=O) groups excluding carboxylic acids is 1. The van der Waals surface area contributed by atoms with Gasteiger partial charge in [-0.25, -0.2) is 4.98 Å². The van der Waals surface area contributed by atoms with Crippen molar-refractivity contribution in [2.45, 2.75) is 33.2 Å². The summed E-state index contributed by atoms with van der Waals surface area (Å²) in [6.07, 6.45) is 0.857. The number of benzene rings is 2. The van der Waals surface area contributed by atoms with Crippen molar-refractivity contribution in [1.82, 2.24) is 14.5 Å². The average Bonchev–Trinajstić information content (AvgIpc) is 2.70. The van der Waals surface area contributed by atoms with Gasteiger partial charge in [-0.3, -0.25) is 14.2 Å². The van der Waals surface area contributed by atoms with Crippen molar-refractivity contribution in [1.29, 1.82) is 0 Å². The number of hydrogen-bond donors (Lipinski definition) is 0. The van der Waals surface area contributed by atoms with Gasteiger partial charge in [-0.05, 0) is 49.6 Å². The van der Waals surface area contributed by atoms with E-state index < -0.39 is 0 Å². The summed E-state index contributed by atoms with van der Waals surface area (Å²) in [6, 6.07) is 13.9. The molecule has 1 atom stereocenters. The van der Waals surface area contributed by atoms with Gasteiger partial charge >= 0.3 is 0 Å². The number of fused-ring (bicyclic) bond motifs is 1. The van der Waals surface area contributed by atoms with Gasteiger partial charge in [0.05, 0.1) is 16.9 Å². The van der Waals surface area contributed by atoms with Crippen LogP contribution >= 0.6 is 11.6 Å². The number of rotatable bonds is 6. The van der Waals surface area contributed by atoms with Crippen molar-refractivity contribution >= 4 is 28.4 Å². The van der Waals surface area contributed by atoms with E-state index in [0.717, 1.165) is 6.42 Å². The van der Waals surface area contributed by atoms with E-state index in [1.807, 2.05) is 37.3 Å². The summed E-state index contributed by atoms with van der Waals surface area (Å²) in [7, 11) is 1.70. The fraction of sp³-hybridized carbons (Fsp3) is 0.348. The minimum Gasteiger partial charge on any atom is -0.329 e. The Hall–Kier alpha value is -2.66. The molecule has 0 aliphatic heterocycles. The highest BCUT2D eigenvalue weighted by atomic mass is 35.5. The zero-order chi connectivity index (χ0) is 21.1. The first kappa shape index (κ1) is 21.1. The Bertz CT molecular complexity index is 1080. The number of hydrogen-bond acceptors (Lipinski definition) is 3. The van der Waals surface area contributed by atoms with Gasteiger partial charge in [-0.2, -0.15) is 0 Å². The summed E-state index contributed by atoms with van der Waals surface area (Å²) >= 11 is 6.11. The number of nitrogens with zero attached hydrogens (tertiary/aromatic N) is 3. The number of halogens is 1. The van der Waals surface area contributed by atoms with Crippen molar-refractivity contribution in [3.8, 4) is 0 Å². The Kier molecular flexibility index (Phi) is 6.38. The molecule has 3 aromatic rings. The molecular formula is C23H26ClN3O2. The predicted octanol–water partition coefficient (Wildman–Crippen LogP) is 4.84. The summed E-state index contributed by atoms with van der Waals surface area (Å²) in [5.41, 5.74) is 1.01. The maximum absolute atomic E-state index is 13.3. The van der Waals surface area contributed by atoms with Crippen LogP contribution in [0.4, 0.5) is 0 Å². The first-order chi connectivity index (χ1) is 13.8. The Morgan fingerprint density at radius 1 is 1.14 bits per heavy atom. The lowest BCUT2D eigenvalue weighted by Crippen LogP contribution is -2.38. The third kappa shape index (κ3) is 4.51. The summed E-state index contributed by atoms with van der Waals surface area (Å²) < 4.78 is 1.53. The van der Waals surface area contributed by atoms with Crippen LogP contribution < -0.4 is 5.56 Å². The molecule has 1 heterocycles. The second kappa shape index (κ2) is 8.78. The lowest BCUT2D eigenvalue weighted by molar-refractivity contribution is 0.0670. The molecule has 1 unspecified atom stereocenters. The summed E-state index contributed by atoms with van der Waals surface area (Å²) in [6.45, 7) is 6.75. The monoisotopic (exact) mass is 411 g/mol. The number of aromatic nitrogens is 2. The van der Waals surface area contributed by atoms with E-state index in [-0.39, 0.29) is 17.5 Å². The molecule has 1 amide bonds. The lowest BCUT2D eigenvalue weighted by atomic mass is 10.1. The van der Waals surface area contributed by atoms with Crippen molar-refractivity contribution in [3.63, 3.8) is 0 Å². The molecule has 6 heteroatoms. The molecule has 2 aromatic carbocycles. The molecule has 0 fully saturated rings. The van der Waals surface area contributed by atoms with Gasteiger partial charge in [0.25, 0.3) is 11.5 Å². The molecule has 152 valence electrons. The van der Waals surface area contributed by atoms with Crippen molar-refractivity contribution in [2.24, 2.45) is 13.0 Å². The molecule has 1 aromatic heterocycles. The SMILES string of the molecule is CC(C)CCN(C(=O)c1ccccc1)C(C)c1nc2cc(Cl)ccc2c(=O)n1C. The molecule has 0 bridgehead atoms. The minimum atomic E-state index is -0.373. The largest absolute Gasteiger partial charge is 0.329 e. The molecule has 0 aliphatic rings. The predicted molar refractivity (Wildman–Crippen MR) is 117 cm³/mol. The van der Waals surface area contributed by atoms with Crippen molar-refractivity contribution < 1.29 is 4.79 Å². The van der Waals surface area contributed by atoms with Crippen LogP contribution in [0.1, 0.15) is 49.4 Å². The molecule has 0 saturated carbocycles. The summed E-state index contributed by atoms with van der Waals surface area (Å²) in [4.78, 5) is 32.6. The first-order valence-corrected chi connectivity index (χ1v) is 10.2. The molecule has 3 rings (SSSR count). The van der Waals surface area contributed by atoms with Gasteiger partial charge in [0.15, 0.2) is 0 Å². The highest BCUT2D eigenvalue weighted by molar-refractivity contribution is 6.31. The van der Waals surface area contributed by atoms with Gasteiger partial charge in [0.2, 0.25) is 0 Å². The Labute approximate surface area is 175 Å². The molecule has 0 radical (unpaired) electrons. The fourth-order valence-corrected chi connectivity index (χ4v) is 3.56. The minimum absolute atomic E-state index is 0.0702. The second-order valence-electron chi connectivity index (χ2n) is 7.72. The average molecular weight is 412 g/mol. The lowest BCUT2D eigenvalue weighted by Gasteiger charge is -2.30. The standard InChI is InChI=1S/C23H26ClN3O2/c1-15(2)12-13-27(22(28)17-8-6-5-7-9-17)16(3)21-25-20-14-18(24)10-11-19(20)23(29)26(21)4/h5-11,14-16H,12-13H2,1-4H3. The smallest absolute Gasteiger partial charge is 0.261 e. The molecule has 0 aliphatic carbocycles. The molecule has 5 nitrogen and oxygen atoms in total. The zero-order valence-corrected chi connectivity index (χ0v) is 18.0. The molecule has 0 spiro atoms. The van der Waals surface area contributed by atoms with Crippen molar-refractivity contribution in [2.75, 3.05) is 6.54 Å². The first-order valence-electron chi connectivity index (χ1n) is 9.81. The van der Waals surface area contributed by atoms with Crippen LogP contribution in [-0.2, 0) is 7.05 Å². The normalized spacial score (nSPS) is 12.3. The van der Waals surface area contributed by atoms with Gasteiger partial charge in [-0.15, -0.1) is 0 Å². The Morgan fingerprint density at radius 3 is 2.48 bits per heavy atom. The van der Waals surface area contributed by atoms with Crippen LogP contribution in [0, 0.1) is 5.92 Å². The number of carbonyl (C=O) groups is 1. The van der Waals surface area contributed by atoms with Gasteiger partial charge < -0.3 is 4.90 Å². The molecule has 0 N–H and O–H groups in total. The molecular weight excluding hydrogens is 386 g/mol. The Balaban J connectivity index is 2.07. The molecule has 29 heavy (non-hydrogen) atoms. The van der Waals surface area contributed by atoms with Crippen LogP contribution in [0.2, 0.25) is 5.02 Å². The number of amides is 1. The van der Waals surface area contributed by atoms with Crippen LogP contribution in [0.5, 0.6) is 0 Å². The zero-order valence-electron chi connectivity index (χ0n) is 17.2. The fourth-order valence-electron chi connectivity index (χ4n) is 3.39. The van der Waals surface area contributed by atoms with E-state index in [4.69, 9.17) is 16.6 Å². The topological polar surface area (TPSA) is 55.2 Å². The highest BCUT2D eigenvalue weighted by Crippen LogP contribution is 2.24. The van der Waals surface area contributed by atoms with E-state index >= 15 is 0 Å². The van der Waals surface area contributed by atoms with Gasteiger partial charge in [-0.1, -0.05) is 43.6 Å². The second-order valence-corrected chi connectivity index (χ2v) is 8.16. The van der Waals surface area contributed by atoms with Crippen molar-refractivity contribution in [3.05, 3.63) is 75.3 Å². The van der Waals surface area contributed by atoms with Gasteiger partial charge in [0.1, 0.15) is 5.82 Å². The quantitative estimate of drug-likeness (QED) is 0.583. The van der Waals surface area contributed by atoms with E-state index in [0.29, 0.717) is 39.8 Å². The Morgan fingerprint density at radius 2 is 1.83 bits per heavy atom. The molecule has 0 saturated heterocycles. The van der Waals surface area contributed by atoms with Crippen LogP contribution in [0.3, 0.4) is 0 Å². The third-order valence-corrected chi connectivity index (χ3v) is 5.38. The summed E-state index contributed by atoms with van der Waals surface area (Å²) in [5.74, 6) is 0.914. The summed E-state index contributed by atoms with van der Waals surface area (Å²) in [5, 5.41) is 1.03. The van der Waals surface area contributed by atoms with Crippen LogP contribution in [0.15, 0.2) is 53.3 Å². The van der Waals surface area contributed by atoms with Gasteiger partial charge in [0, 0.05) is 24.2 Å². The maximum Gasteiger partial charge on any atom is 0.261 e.